The van der Waals surface area contributed by atoms with Gasteiger partial charge in [0, 0.05) is 31.5 Å². The van der Waals surface area contributed by atoms with Gasteiger partial charge in [0.05, 0.1) is 4.92 Å². The summed E-state index contributed by atoms with van der Waals surface area (Å²) in [6, 6.07) is 6.59. The van der Waals surface area contributed by atoms with E-state index in [2.05, 4.69) is 15.4 Å². The summed E-state index contributed by atoms with van der Waals surface area (Å²) >= 11 is 0. The van der Waals surface area contributed by atoms with Crippen LogP contribution in [0.2, 0.25) is 0 Å². The first-order chi connectivity index (χ1) is 10.2. The van der Waals surface area contributed by atoms with Gasteiger partial charge < -0.3 is 10.3 Å². The molecule has 0 saturated heterocycles. The van der Waals surface area contributed by atoms with Gasteiger partial charge in [0.15, 0.2) is 0 Å². The molecule has 2 aromatic heterocycles. The van der Waals surface area contributed by atoms with E-state index in [1.54, 1.807) is 12.4 Å². The fraction of sp³-hybridized carbons (Fsp3) is 0.231. The Kier molecular flexibility index (Phi) is 4.62. The Morgan fingerprint density at radius 1 is 1.33 bits per heavy atom. The molecule has 0 unspecified atom stereocenters. The molecule has 0 aliphatic carbocycles. The van der Waals surface area contributed by atoms with Crippen molar-refractivity contribution in [3.8, 4) is 0 Å². The molecule has 0 atom stereocenters. The minimum atomic E-state index is -0.447. The Hall–Kier alpha value is -2.74. The van der Waals surface area contributed by atoms with E-state index in [0.29, 0.717) is 18.9 Å². The van der Waals surface area contributed by atoms with Crippen LogP contribution in [0.4, 0.5) is 17.3 Å². The number of nitrogens with two attached hydrogens (primary N) is 1. The Labute approximate surface area is 121 Å². The van der Waals surface area contributed by atoms with Crippen LogP contribution in [-0.2, 0) is 6.54 Å². The summed E-state index contributed by atoms with van der Waals surface area (Å²) in [7, 11) is 0. The zero-order valence-electron chi connectivity index (χ0n) is 11.6. The van der Waals surface area contributed by atoms with Crippen LogP contribution in [0.25, 0.3) is 0 Å². The number of nitrogens with zero attached hydrogens (tertiary/aromatic N) is 4. The smallest absolute Gasteiger partial charge is 0.311 e. The maximum Gasteiger partial charge on any atom is 0.311 e. The van der Waals surface area contributed by atoms with E-state index in [4.69, 9.17) is 5.84 Å². The minimum absolute atomic E-state index is 0.0510. The normalized spacial score (nSPS) is 10.2. The highest BCUT2D eigenvalue weighted by Gasteiger charge is 2.21. The minimum Gasteiger partial charge on any atom is -0.347 e. The Balaban J connectivity index is 2.38. The van der Waals surface area contributed by atoms with Crippen molar-refractivity contribution in [3.05, 3.63) is 52.3 Å². The highest BCUT2D eigenvalue weighted by molar-refractivity contribution is 5.61. The molecule has 0 bridgehead atoms. The monoisotopic (exact) mass is 288 g/mol. The van der Waals surface area contributed by atoms with Crippen LogP contribution >= 0.6 is 0 Å². The van der Waals surface area contributed by atoms with Crippen molar-refractivity contribution in [2.75, 3.05) is 16.9 Å². The summed E-state index contributed by atoms with van der Waals surface area (Å²) in [6.45, 7) is 2.99. The second-order valence-electron chi connectivity index (χ2n) is 4.31. The van der Waals surface area contributed by atoms with E-state index < -0.39 is 4.92 Å². The van der Waals surface area contributed by atoms with Crippen molar-refractivity contribution >= 4 is 17.3 Å². The molecule has 0 spiro atoms. The molecule has 110 valence electrons. The number of pyridine rings is 2. The van der Waals surface area contributed by atoms with Gasteiger partial charge in [-0.25, -0.2) is 10.8 Å². The van der Waals surface area contributed by atoms with E-state index in [0.717, 1.165) is 5.56 Å². The average molecular weight is 288 g/mol. The summed E-state index contributed by atoms with van der Waals surface area (Å²) in [5, 5.41) is 11.2. The van der Waals surface area contributed by atoms with E-state index in [1.165, 1.54) is 12.1 Å². The van der Waals surface area contributed by atoms with Gasteiger partial charge >= 0.3 is 5.69 Å². The first-order valence-corrected chi connectivity index (χ1v) is 6.41. The van der Waals surface area contributed by atoms with Gasteiger partial charge in [-0.2, -0.15) is 0 Å². The zero-order chi connectivity index (χ0) is 15.2. The van der Waals surface area contributed by atoms with Crippen molar-refractivity contribution in [1.29, 1.82) is 0 Å². The van der Waals surface area contributed by atoms with Gasteiger partial charge in [-0.3, -0.25) is 15.1 Å². The first kappa shape index (κ1) is 14.7. The second-order valence-corrected chi connectivity index (χ2v) is 4.31. The lowest BCUT2D eigenvalue weighted by Gasteiger charge is -2.22. The molecular formula is C13H16N6O2. The number of hydrogen-bond acceptors (Lipinski definition) is 7. The predicted molar refractivity (Wildman–Crippen MR) is 79.7 cm³/mol. The van der Waals surface area contributed by atoms with Crippen LogP contribution in [0.15, 0.2) is 36.7 Å². The molecule has 0 aliphatic heterocycles. The van der Waals surface area contributed by atoms with Crippen molar-refractivity contribution in [1.82, 2.24) is 9.97 Å². The summed E-state index contributed by atoms with van der Waals surface area (Å²) in [4.78, 5) is 20.7. The number of hydrogen-bond donors (Lipinski definition) is 2. The third-order valence-electron chi connectivity index (χ3n) is 3.00. The van der Waals surface area contributed by atoms with Crippen LogP contribution in [0.1, 0.15) is 12.5 Å². The summed E-state index contributed by atoms with van der Waals surface area (Å²) in [5.41, 5.74) is 3.35. The summed E-state index contributed by atoms with van der Waals surface area (Å²) in [6.07, 6.45) is 3.37. The molecule has 2 heterocycles. The maximum absolute atomic E-state index is 11.2. The molecule has 2 rings (SSSR count). The first-order valence-electron chi connectivity index (χ1n) is 6.41. The van der Waals surface area contributed by atoms with Gasteiger partial charge in [-0.05, 0) is 30.7 Å². The molecular weight excluding hydrogens is 272 g/mol. The quantitative estimate of drug-likeness (QED) is 0.472. The van der Waals surface area contributed by atoms with Crippen molar-refractivity contribution < 1.29 is 4.92 Å². The Bertz CT molecular complexity index is 619. The molecule has 0 radical (unpaired) electrons. The van der Waals surface area contributed by atoms with Crippen molar-refractivity contribution in [3.63, 3.8) is 0 Å². The molecule has 0 aliphatic rings. The lowest BCUT2D eigenvalue weighted by molar-refractivity contribution is -0.384. The molecule has 3 N–H and O–H groups in total. The van der Waals surface area contributed by atoms with Gasteiger partial charge in [0.1, 0.15) is 5.82 Å². The molecule has 0 amide bonds. The van der Waals surface area contributed by atoms with Gasteiger partial charge in [0.2, 0.25) is 5.82 Å². The van der Waals surface area contributed by atoms with Crippen LogP contribution < -0.4 is 16.2 Å². The van der Waals surface area contributed by atoms with Crippen LogP contribution in [0.3, 0.4) is 0 Å². The topological polar surface area (TPSA) is 110 Å². The highest BCUT2D eigenvalue weighted by Crippen LogP contribution is 2.28. The lowest BCUT2D eigenvalue weighted by Crippen LogP contribution is -2.24. The third-order valence-corrected chi connectivity index (χ3v) is 3.00. The van der Waals surface area contributed by atoms with Crippen molar-refractivity contribution in [2.45, 2.75) is 13.5 Å². The molecule has 0 aromatic carbocycles. The van der Waals surface area contributed by atoms with E-state index >= 15 is 0 Å². The van der Waals surface area contributed by atoms with Crippen LogP contribution in [0, 0.1) is 10.1 Å². The fourth-order valence-electron chi connectivity index (χ4n) is 1.94. The molecule has 2 aromatic rings. The summed E-state index contributed by atoms with van der Waals surface area (Å²) in [5.74, 6) is 6.00. The highest BCUT2D eigenvalue weighted by atomic mass is 16.6. The molecule has 0 fully saturated rings. The van der Waals surface area contributed by atoms with Crippen LogP contribution in [0.5, 0.6) is 0 Å². The van der Waals surface area contributed by atoms with E-state index in [9.17, 15) is 10.1 Å². The predicted octanol–water partition coefficient (Wildman–Crippen LogP) is 1.70. The fourth-order valence-corrected chi connectivity index (χ4v) is 1.94. The van der Waals surface area contributed by atoms with Gasteiger partial charge in [-0.1, -0.05) is 0 Å². The number of hydrazine groups is 1. The average Bonchev–Trinajstić information content (AvgIpc) is 2.52. The number of aromatic nitrogens is 2. The molecule has 8 nitrogen and oxygen atoms in total. The second kappa shape index (κ2) is 6.62. The lowest BCUT2D eigenvalue weighted by atomic mass is 10.2. The number of nitro groups is 1. The standard InChI is InChI=1S/C13H16N6O2/c1-2-18(9-10-5-7-15-8-6-10)13-11(19(20)21)3-4-12(16-13)17-14/h3-8H,2,9,14H2,1H3,(H,16,17). The largest absolute Gasteiger partial charge is 0.347 e. The van der Waals surface area contributed by atoms with Crippen molar-refractivity contribution in [2.24, 2.45) is 5.84 Å². The number of nitrogens with one attached hydrogen (secondary N) is 1. The van der Waals surface area contributed by atoms with Crippen LogP contribution in [-0.4, -0.2) is 21.4 Å². The van der Waals surface area contributed by atoms with E-state index in [-0.39, 0.29) is 11.5 Å². The SMILES string of the molecule is CCN(Cc1ccncc1)c1nc(NN)ccc1[N+](=O)[O-]. The number of rotatable bonds is 6. The molecule has 21 heavy (non-hydrogen) atoms. The number of nitrogen functional groups attached to an aromatic ring is 1. The third kappa shape index (κ3) is 3.42. The Morgan fingerprint density at radius 2 is 2.05 bits per heavy atom. The van der Waals surface area contributed by atoms with Gasteiger partial charge in [0.25, 0.3) is 0 Å². The molecule has 0 saturated carbocycles. The molecule has 8 heteroatoms. The summed E-state index contributed by atoms with van der Waals surface area (Å²) < 4.78 is 0. The number of anilines is 2. The van der Waals surface area contributed by atoms with Gasteiger partial charge in [-0.15, -0.1) is 0 Å². The van der Waals surface area contributed by atoms with E-state index in [1.807, 2.05) is 24.0 Å². The Morgan fingerprint density at radius 3 is 2.62 bits per heavy atom. The maximum atomic E-state index is 11.2. The zero-order valence-corrected chi connectivity index (χ0v) is 11.6.